The fourth-order valence-electron chi connectivity index (χ4n) is 2.60. The van der Waals surface area contributed by atoms with Crippen LogP contribution in [0.3, 0.4) is 0 Å². The molecule has 1 aromatic carbocycles. The molecule has 23 heavy (non-hydrogen) atoms. The van der Waals surface area contributed by atoms with Crippen molar-refractivity contribution in [3.8, 4) is 5.75 Å². The molecule has 3 rings (SSSR count). The van der Waals surface area contributed by atoms with Crippen LogP contribution in [0.1, 0.15) is 27.9 Å². The molecule has 0 spiro atoms. The summed E-state index contributed by atoms with van der Waals surface area (Å²) in [6.45, 7) is 2.05. The van der Waals surface area contributed by atoms with Gasteiger partial charge in [0.15, 0.2) is 6.04 Å². The van der Waals surface area contributed by atoms with Gasteiger partial charge in [0.2, 0.25) is 0 Å². The van der Waals surface area contributed by atoms with Crippen molar-refractivity contribution in [2.75, 3.05) is 13.2 Å². The van der Waals surface area contributed by atoms with E-state index in [4.69, 9.17) is 4.74 Å². The third kappa shape index (κ3) is 2.85. The normalized spacial score (nSPS) is 16.9. The Hall–Kier alpha value is -2.96. The van der Waals surface area contributed by atoms with E-state index in [1.807, 2.05) is 0 Å². The van der Waals surface area contributed by atoms with Gasteiger partial charge >= 0.3 is 5.97 Å². The van der Waals surface area contributed by atoms with Crippen molar-refractivity contribution in [2.45, 2.75) is 13.0 Å². The molecule has 1 N–H and O–H groups in total. The molecule has 0 saturated heterocycles. The number of carbonyl (C=O) groups excluding carboxylic acids is 1. The van der Waals surface area contributed by atoms with E-state index in [-0.39, 0.29) is 18.8 Å². The van der Waals surface area contributed by atoms with Gasteiger partial charge < -0.3 is 14.7 Å². The maximum absolute atomic E-state index is 12.7. The van der Waals surface area contributed by atoms with Gasteiger partial charge in [-0.15, -0.1) is 0 Å². The minimum absolute atomic E-state index is 0.160. The van der Waals surface area contributed by atoms with E-state index in [1.165, 1.54) is 17.2 Å². The van der Waals surface area contributed by atoms with Gasteiger partial charge in [-0.3, -0.25) is 4.79 Å². The monoisotopic (exact) mass is 313 g/mol. The highest BCUT2D eigenvalue weighted by Gasteiger charge is 2.36. The molecule has 1 amide bonds. The fourth-order valence-corrected chi connectivity index (χ4v) is 2.60. The summed E-state index contributed by atoms with van der Waals surface area (Å²) >= 11 is 0. The molecular formula is C16H15N3O4. The van der Waals surface area contributed by atoms with Crippen LogP contribution in [0.2, 0.25) is 0 Å². The Balaban J connectivity index is 2.03. The number of hydrogen-bond acceptors (Lipinski definition) is 5. The molecule has 7 heteroatoms. The molecule has 0 aliphatic carbocycles. The van der Waals surface area contributed by atoms with Gasteiger partial charge in [0, 0.05) is 11.8 Å². The predicted molar refractivity (Wildman–Crippen MR) is 80.1 cm³/mol. The first-order valence-corrected chi connectivity index (χ1v) is 7.13. The number of carboxylic acid groups (broad SMARTS) is 1. The first kappa shape index (κ1) is 15.0. The molecule has 2 aromatic rings. The van der Waals surface area contributed by atoms with Gasteiger partial charge in [0.25, 0.3) is 5.91 Å². The molecule has 0 radical (unpaired) electrons. The van der Waals surface area contributed by atoms with E-state index in [0.29, 0.717) is 17.1 Å². The maximum atomic E-state index is 12.7. The minimum Gasteiger partial charge on any atom is -0.491 e. The van der Waals surface area contributed by atoms with Gasteiger partial charge in [-0.25, -0.2) is 14.8 Å². The van der Waals surface area contributed by atoms with Crippen LogP contribution in [0.25, 0.3) is 0 Å². The van der Waals surface area contributed by atoms with E-state index in [2.05, 4.69) is 9.97 Å². The number of aryl methyl sites for hydroxylation is 1. The summed E-state index contributed by atoms with van der Waals surface area (Å²) in [6, 6.07) is 7.21. The Kier molecular flexibility index (Phi) is 3.92. The highest BCUT2D eigenvalue weighted by molar-refractivity contribution is 5.95. The first-order chi connectivity index (χ1) is 11.1. The lowest BCUT2D eigenvalue weighted by atomic mass is 10.0. The number of aromatic nitrogens is 2. The zero-order chi connectivity index (χ0) is 16.4. The zero-order valence-electron chi connectivity index (χ0n) is 12.5. The summed E-state index contributed by atoms with van der Waals surface area (Å²) in [5.41, 5.74) is 0.625. The zero-order valence-corrected chi connectivity index (χ0v) is 12.5. The van der Waals surface area contributed by atoms with Crippen molar-refractivity contribution in [1.29, 1.82) is 0 Å². The number of hydrogen-bond donors (Lipinski definition) is 1. The van der Waals surface area contributed by atoms with Crippen LogP contribution in [0.15, 0.2) is 36.5 Å². The number of amides is 1. The number of nitrogens with zero attached hydrogens (tertiary/aromatic N) is 3. The highest BCUT2D eigenvalue weighted by Crippen LogP contribution is 2.32. The molecular weight excluding hydrogens is 298 g/mol. The molecule has 2 heterocycles. The van der Waals surface area contributed by atoms with Crippen molar-refractivity contribution in [3.63, 3.8) is 0 Å². The lowest BCUT2D eigenvalue weighted by Gasteiger charge is -2.26. The van der Waals surface area contributed by atoms with Crippen LogP contribution in [-0.4, -0.2) is 45.0 Å². The average Bonchev–Trinajstić information content (AvgIpc) is 2.73. The molecule has 1 aliphatic rings. The van der Waals surface area contributed by atoms with Crippen LogP contribution < -0.4 is 4.74 Å². The summed E-state index contributed by atoms with van der Waals surface area (Å²) < 4.78 is 5.58. The standard InChI is InChI=1S/C16H15N3O4/c1-10-17-7-6-12(18-10)15(20)19-8-9-23-13-5-3-2-4-11(13)14(19)16(21)22/h2-7,14H,8-9H2,1H3,(H,21,22). The Morgan fingerprint density at radius 2 is 2.09 bits per heavy atom. The van der Waals surface area contributed by atoms with Gasteiger partial charge in [0.1, 0.15) is 23.9 Å². The summed E-state index contributed by atoms with van der Waals surface area (Å²) in [5.74, 6) is -0.631. The van der Waals surface area contributed by atoms with Gasteiger partial charge in [0.05, 0.1) is 6.54 Å². The van der Waals surface area contributed by atoms with Crippen molar-refractivity contribution in [2.24, 2.45) is 0 Å². The van der Waals surface area contributed by atoms with E-state index in [0.717, 1.165) is 0 Å². The second-order valence-electron chi connectivity index (χ2n) is 5.11. The number of rotatable bonds is 2. The molecule has 1 atom stereocenters. The molecule has 1 aromatic heterocycles. The van der Waals surface area contributed by atoms with Crippen molar-refractivity contribution < 1.29 is 19.4 Å². The van der Waals surface area contributed by atoms with Gasteiger partial charge in [-0.2, -0.15) is 0 Å². The van der Waals surface area contributed by atoms with Crippen molar-refractivity contribution >= 4 is 11.9 Å². The third-order valence-electron chi connectivity index (χ3n) is 3.60. The number of para-hydroxylation sites is 1. The van der Waals surface area contributed by atoms with Crippen LogP contribution in [0.4, 0.5) is 0 Å². The molecule has 0 saturated carbocycles. The lowest BCUT2D eigenvalue weighted by Crippen LogP contribution is -2.40. The quantitative estimate of drug-likeness (QED) is 0.902. The Morgan fingerprint density at radius 1 is 1.30 bits per heavy atom. The van der Waals surface area contributed by atoms with Crippen molar-refractivity contribution in [1.82, 2.24) is 14.9 Å². The lowest BCUT2D eigenvalue weighted by molar-refractivity contribution is -0.142. The van der Waals surface area contributed by atoms with Gasteiger partial charge in [-0.05, 0) is 19.1 Å². The fraction of sp³-hybridized carbons (Fsp3) is 0.250. The first-order valence-electron chi connectivity index (χ1n) is 7.13. The average molecular weight is 313 g/mol. The Bertz CT molecular complexity index is 762. The summed E-state index contributed by atoms with van der Waals surface area (Å²) in [7, 11) is 0. The largest absolute Gasteiger partial charge is 0.491 e. The molecule has 7 nitrogen and oxygen atoms in total. The SMILES string of the molecule is Cc1nccc(C(=O)N2CCOc3ccccc3C2C(=O)O)n1. The molecule has 0 bridgehead atoms. The molecule has 1 aliphatic heterocycles. The second kappa shape index (κ2) is 6.04. The van der Waals surface area contributed by atoms with E-state index >= 15 is 0 Å². The maximum Gasteiger partial charge on any atom is 0.331 e. The summed E-state index contributed by atoms with van der Waals surface area (Å²) in [5, 5.41) is 9.65. The smallest absolute Gasteiger partial charge is 0.331 e. The van der Waals surface area contributed by atoms with Gasteiger partial charge in [-0.1, -0.05) is 18.2 Å². The Morgan fingerprint density at radius 3 is 2.83 bits per heavy atom. The Labute approximate surface area is 132 Å². The minimum atomic E-state index is -1.11. The predicted octanol–water partition coefficient (Wildman–Crippen LogP) is 1.45. The van der Waals surface area contributed by atoms with Crippen LogP contribution in [0, 0.1) is 6.92 Å². The summed E-state index contributed by atoms with van der Waals surface area (Å²) in [6.07, 6.45) is 1.48. The number of aliphatic carboxylic acids is 1. The molecule has 118 valence electrons. The number of carbonyl (C=O) groups is 2. The van der Waals surface area contributed by atoms with Crippen LogP contribution >= 0.6 is 0 Å². The van der Waals surface area contributed by atoms with Crippen molar-refractivity contribution in [3.05, 3.63) is 53.6 Å². The third-order valence-corrected chi connectivity index (χ3v) is 3.60. The highest BCUT2D eigenvalue weighted by atomic mass is 16.5. The molecule has 1 unspecified atom stereocenters. The van der Waals surface area contributed by atoms with E-state index in [9.17, 15) is 14.7 Å². The van der Waals surface area contributed by atoms with E-state index < -0.39 is 17.9 Å². The molecule has 0 fully saturated rings. The number of fused-ring (bicyclic) bond motifs is 1. The number of benzene rings is 1. The number of ether oxygens (including phenoxy) is 1. The van der Waals surface area contributed by atoms with Crippen LogP contribution in [-0.2, 0) is 4.79 Å². The second-order valence-corrected chi connectivity index (χ2v) is 5.11. The number of carboxylic acids is 1. The summed E-state index contributed by atoms with van der Waals surface area (Å²) in [4.78, 5) is 33.9. The van der Waals surface area contributed by atoms with E-state index in [1.54, 1.807) is 31.2 Å². The van der Waals surface area contributed by atoms with Crippen LogP contribution in [0.5, 0.6) is 5.75 Å². The topological polar surface area (TPSA) is 92.6 Å².